The SMILES string of the molecule is C[Si](C)(C)CCOC(=O)N1CCC(c2nccc(I)c2Cl)CC1. The Morgan fingerprint density at radius 2 is 2.09 bits per heavy atom. The fourth-order valence-corrected chi connectivity index (χ4v) is 4.01. The van der Waals surface area contributed by atoms with E-state index < -0.39 is 8.07 Å². The predicted octanol–water partition coefficient (Wildman–Crippen LogP) is 4.99. The molecule has 2 heterocycles. The van der Waals surface area contributed by atoms with Gasteiger partial charge in [-0.2, -0.15) is 0 Å². The minimum atomic E-state index is -1.16. The molecule has 1 fully saturated rings. The van der Waals surface area contributed by atoms with Gasteiger partial charge in [-0.25, -0.2) is 4.79 Å². The Kier molecular flexibility index (Phi) is 6.73. The fraction of sp³-hybridized carbons (Fsp3) is 0.625. The number of aromatic nitrogens is 1. The van der Waals surface area contributed by atoms with E-state index in [1.54, 1.807) is 6.20 Å². The second kappa shape index (κ2) is 8.16. The van der Waals surface area contributed by atoms with Crippen molar-refractivity contribution in [3.8, 4) is 0 Å². The molecule has 23 heavy (non-hydrogen) atoms. The van der Waals surface area contributed by atoms with E-state index in [4.69, 9.17) is 16.3 Å². The molecule has 1 aliphatic heterocycles. The Hall–Kier alpha value is -0.343. The maximum Gasteiger partial charge on any atom is 0.409 e. The Balaban J connectivity index is 1.84. The van der Waals surface area contributed by atoms with E-state index in [9.17, 15) is 4.79 Å². The number of rotatable bonds is 4. The molecule has 0 atom stereocenters. The van der Waals surface area contributed by atoms with Crippen LogP contribution >= 0.6 is 34.2 Å². The number of carbonyl (C=O) groups excluding carboxylic acids is 1. The summed E-state index contributed by atoms with van der Waals surface area (Å²) in [5, 5.41) is 0.754. The highest BCUT2D eigenvalue weighted by molar-refractivity contribution is 14.1. The van der Waals surface area contributed by atoms with Gasteiger partial charge in [0.25, 0.3) is 0 Å². The lowest BCUT2D eigenvalue weighted by Crippen LogP contribution is -2.39. The number of nitrogens with zero attached hydrogens (tertiary/aromatic N) is 2. The first-order valence-electron chi connectivity index (χ1n) is 7.99. The van der Waals surface area contributed by atoms with Crippen LogP contribution in [-0.2, 0) is 4.74 Å². The molecule has 0 aromatic carbocycles. The standard InChI is InChI=1S/C16H24ClIN2O2Si/c1-23(2,3)11-10-22-16(21)20-8-5-12(6-9-20)15-14(17)13(18)4-7-19-15/h4,7,12H,5-6,8-11H2,1-3H3. The molecule has 0 saturated carbocycles. The minimum absolute atomic E-state index is 0.177. The molecule has 0 bridgehead atoms. The second-order valence-electron chi connectivity index (χ2n) is 7.18. The first-order valence-corrected chi connectivity index (χ1v) is 13.2. The summed E-state index contributed by atoms with van der Waals surface area (Å²) in [6.45, 7) is 8.80. The van der Waals surface area contributed by atoms with Gasteiger partial charge in [-0.05, 0) is 47.5 Å². The predicted molar refractivity (Wildman–Crippen MR) is 105 cm³/mol. The van der Waals surface area contributed by atoms with Crippen LogP contribution in [0.25, 0.3) is 0 Å². The van der Waals surface area contributed by atoms with Gasteiger partial charge in [-0.1, -0.05) is 31.2 Å². The molecule has 0 unspecified atom stereocenters. The lowest BCUT2D eigenvalue weighted by molar-refractivity contribution is 0.0966. The van der Waals surface area contributed by atoms with Crippen molar-refractivity contribution in [2.24, 2.45) is 0 Å². The molecule has 128 valence electrons. The second-order valence-corrected chi connectivity index (χ2v) is 14.3. The van der Waals surface area contributed by atoms with Gasteiger partial charge in [-0.3, -0.25) is 4.98 Å². The van der Waals surface area contributed by atoms with E-state index in [0.717, 1.165) is 33.2 Å². The number of pyridine rings is 1. The molecule has 1 amide bonds. The molecule has 1 aromatic rings. The minimum Gasteiger partial charge on any atom is -0.450 e. The number of hydrogen-bond donors (Lipinski definition) is 0. The number of halogens is 2. The van der Waals surface area contributed by atoms with Gasteiger partial charge in [0.15, 0.2) is 0 Å². The van der Waals surface area contributed by atoms with Gasteiger partial charge in [0.1, 0.15) is 0 Å². The summed E-state index contributed by atoms with van der Waals surface area (Å²) in [7, 11) is -1.16. The average Bonchev–Trinajstić information content (AvgIpc) is 2.49. The van der Waals surface area contributed by atoms with E-state index in [-0.39, 0.29) is 6.09 Å². The molecule has 1 aromatic heterocycles. The number of piperidine rings is 1. The molecular formula is C16H24ClIN2O2Si. The smallest absolute Gasteiger partial charge is 0.409 e. The van der Waals surface area contributed by atoms with E-state index >= 15 is 0 Å². The highest BCUT2D eigenvalue weighted by Gasteiger charge is 2.27. The third-order valence-electron chi connectivity index (χ3n) is 4.09. The van der Waals surface area contributed by atoms with Crippen LogP contribution in [0.4, 0.5) is 4.79 Å². The molecule has 1 saturated heterocycles. The maximum absolute atomic E-state index is 12.1. The summed E-state index contributed by atoms with van der Waals surface area (Å²) in [6, 6.07) is 2.93. The van der Waals surface area contributed by atoms with Crippen LogP contribution in [0.15, 0.2) is 12.3 Å². The van der Waals surface area contributed by atoms with Crippen LogP contribution in [0.2, 0.25) is 30.7 Å². The number of ether oxygens (including phenoxy) is 1. The van der Waals surface area contributed by atoms with E-state index in [1.165, 1.54) is 0 Å². The normalized spacial score (nSPS) is 16.5. The maximum atomic E-state index is 12.1. The average molecular weight is 467 g/mol. The first kappa shape index (κ1) is 19.0. The number of carbonyl (C=O) groups is 1. The molecule has 0 N–H and O–H groups in total. The van der Waals surface area contributed by atoms with Crippen LogP contribution in [0.3, 0.4) is 0 Å². The lowest BCUT2D eigenvalue weighted by atomic mass is 9.93. The quantitative estimate of drug-likeness (QED) is 0.463. The Labute approximate surface area is 158 Å². The molecule has 2 rings (SSSR count). The summed E-state index contributed by atoms with van der Waals surface area (Å²) in [5.74, 6) is 0.322. The Morgan fingerprint density at radius 1 is 1.43 bits per heavy atom. The van der Waals surface area contributed by atoms with Crippen molar-refractivity contribution in [3.63, 3.8) is 0 Å². The molecule has 1 aliphatic rings. The van der Waals surface area contributed by atoms with Crippen LogP contribution in [-0.4, -0.2) is 43.7 Å². The monoisotopic (exact) mass is 466 g/mol. The number of amides is 1. The van der Waals surface area contributed by atoms with Crippen LogP contribution in [0.5, 0.6) is 0 Å². The largest absolute Gasteiger partial charge is 0.450 e. The fourth-order valence-electron chi connectivity index (χ4n) is 2.59. The van der Waals surface area contributed by atoms with Crippen LogP contribution < -0.4 is 0 Å². The topological polar surface area (TPSA) is 42.4 Å². The Morgan fingerprint density at radius 3 is 2.70 bits per heavy atom. The van der Waals surface area contributed by atoms with Crippen LogP contribution in [0.1, 0.15) is 24.5 Å². The zero-order chi connectivity index (χ0) is 17.0. The van der Waals surface area contributed by atoms with Crippen molar-refractivity contribution in [2.75, 3.05) is 19.7 Å². The zero-order valence-electron chi connectivity index (χ0n) is 13.9. The lowest BCUT2D eigenvalue weighted by Gasteiger charge is -2.31. The van der Waals surface area contributed by atoms with Gasteiger partial charge in [-0.15, -0.1) is 0 Å². The molecule has 0 aliphatic carbocycles. The molecule has 4 nitrogen and oxygen atoms in total. The third kappa shape index (κ3) is 5.60. The molecule has 0 radical (unpaired) electrons. The highest BCUT2D eigenvalue weighted by atomic mass is 127. The van der Waals surface area contributed by atoms with Crippen molar-refractivity contribution in [3.05, 3.63) is 26.5 Å². The zero-order valence-corrected chi connectivity index (χ0v) is 17.9. The summed E-state index contributed by atoms with van der Waals surface area (Å²) < 4.78 is 6.45. The summed E-state index contributed by atoms with van der Waals surface area (Å²) >= 11 is 8.59. The summed E-state index contributed by atoms with van der Waals surface area (Å²) in [6.07, 6.45) is 3.40. The van der Waals surface area contributed by atoms with E-state index in [1.807, 2.05) is 11.0 Å². The van der Waals surface area contributed by atoms with Gasteiger partial charge in [0, 0.05) is 36.8 Å². The Bertz CT molecular complexity index is 558. The van der Waals surface area contributed by atoms with Crippen molar-refractivity contribution in [1.29, 1.82) is 0 Å². The van der Waals surface area contributed by atoms with Gasteiger partial charge < -0.3 is 9.64 Å². The van der Waals surface area contributed by atoms with Gasteiger partial charge in [0.2, 0.25) is 0 Å². The van der Waals surface area contributed by atoms with Crippen LogP contribution in [0, 0.1) is 3.57 Å². The molecular weight excluding hydrogens is 443 g/mol. The first-order chi connectivity index (χ1) is 10.8. The van der Waals surface area contributed by atoms with Gasteiger partial charge >= 0.3 is 6.09 Å². The van der Waals surface area contributed by atoms with Gasteiger partial charge in [0.05, 0.1) is 17.3 Å². The number of likely N-dealkylation sites (tertiary alicyclic amines) is 1. The van der Waals surface area contributed by atoms with Crippen molar-refractivity contribution in [2.45, 2.75) is 44.4 Å². The summed E-state index contributed by atoms with van der Waals surface area (Å²) in [5.41, 5.74) is 0.963. The van der Waals surface area contributed by atoms with Crippen molar-refractivity contribution < 1.29 is 9.53 Å². The third-order valence-corrected chi connectivity index (χ3v) is 7.41. The molecule has 7 heteroatoms. The van der Waals surface area contributed by atoms with Crippen molar-refractivity contribution in [1.82, 2.24) is 9.88 Å². The van der Waals surface area contributed by atoms with E-state index in [0.29, 0.717) is 25.6 Å². The van der Waals surface area contributed by atoms with Crippen molar-refractivity contribution >= 4 is 48.4 Å². The summed E-state index contributed by atoms with van der Waals surface area (Å²) in [4.78, 5) is 18.4. The van der Waals surface area contributed by atoms with E-state index in [2.05, 4.69) is 47.2 Å². The molecule has 0 spiro atoms. The number of hydrogen-bond acceptors (Lipinski definition) is 3. The highest BCUT2D eigenvalue weighted by Crippen LogP contribution is 2.33.